The topological polar surface area (TPSA) is 80.2 Å². The molecule has 94 valence electrons. The average Bonchev–Trinajstić information content (AvgIpc) is 2.82. The van der Waals surface area contributed by atoms with E-state index in [0.717, 1.165) is 11.4 Å². The monoisotopic (exact) mass is 295 g/mol. The molecule has 2 heterocycles. The minimum atomic E-state index is -3.71. The van der Waals surface area contributed by atoms with E-state index in [4.69, 9.17) is 10.7 Å². The molecule has 1 atom stereocenters. The molecule has 6 nitrogen and oxygen atoms in total. The second-order valence-electron chi connectivity index (χ2n) is 3.64. The maximum absolute atomic E-state index is 11.7. The Labute approximate surface area is 107 Å². The maximum Gasteiger partial charge on any atom is 0.237 e. The van der Waals surface area contributed by atoms with Crippen molar-refractivity contribution < 1.29 is 13.2 Å². The van der Waals surface area contributed by atoms with Crippen LogP contribution in [0.3, 0.4) is 0 Å². The molecular formula is C8H10ClN3O3S2. The molecule has 9 heteroatoms. The zero-order valence-electron chi connectivity index (χ0n) is 8.96. The highest BCUT2D eigenvalue weighted by molar-refractivity contribution is 8.14. The number of anilines is 1. The molecule has 0 radical (unpaired) electrons. The van der Waals surface area contributed by atoms with Gasteiger partial charge in [0.2, 0.25) is 20.1 Å². The number of aryl methyl sites for hydroxylation is 1. The Hall–Kier alpha value is -0.730. The largest absolute Gasteiger partial charge is 0.285 e. The van der Waals surface area contributed by atoms with Crippen LogP contribution in [0.1, 0.15) is 18.4 Å². The first kappa shape index (κ1) is 12.7. The van der Waals surface area contributed by atoms with E-state index in [-0.39, 0.29) is 18.9 Å². The number of hydrogen-bond donors (Lipinski definition) is 0. The van der Waals surface area contributed by atoms with Crippen LogP contribution in [0, 0.1) is 0 Å². The predicted molar refractivity (Wildman–Crippen MR) is 64.8 cm³/mol. The molecule has 17 heavy (non-hydrogen) atoms. The summed E-state index contributed by atoms with van der Waals surface area (Å²) in [5.74, 6) is -0.280. The summed E-state index contributed by atoms with van der Waals surface area (Å²) in [6.07, 6.45) is 0.643. The number of carbonyl (C=O) groups is 1. The van der Waals surface area contributed by atoms with E-state index in [9.17, 15) is 13.2 Å². The minimum absolute atomic E-state index is 0.0585. The van der Waals surface area contributed by atoms with Crippen LogP contribution >= 0.6 is 22.0 Å². The molecule has 0 saturated carbocycles. The van der Waals surface area contributed by atoms with Crippen LogP contribution in [-0.4, -0.2) is 36.3 Å². The van der Waals surface area contributed by atoms with Crippen molar-refractivity contribution in [2.24, 2.45) is 0 Å². The number of carbonyl (C=O) groups excluding carboxylic acids is 1. The lowest BCUT2D eigenvalue weighted by Gasteiger charge is -2.10. The molecule has 2 rings (SSSR count). The summed E-state index contributed by atoms with van der Waals surface area (Å²) in [4.78, 5) is 13.0. The maximum atomic E-state index is 11.7. The second kappa shape index (κ2) is 4.51. The molecule has 0 aromatic carbocycles. The molecule has 1 fully saturated rings. The highest BCUT2D eigenvalue weighted by Gasteiger charge is 2.39. The predicted octanol–water partition coefficient (Wildman–Crippen LogP) is 0.774. The van der Waals surface area contributed by atoms with Crippen molar-refractivity contribution in [3.63, 3.8) is 0 Å². The first-order valence-electron chi connectivity index (χ1n) is 4.98. The Morgan fingerprint density at radius 2 is 2.24 bits per heavy atom. The van der Waals surface area contributed by atoms with Crippen LogP contribution in [0.25, 0.3) is 0 Å². The summed E-state index contributed by atoms with van der Waals surface area (Å²) < 4.78 is 22.3. The number of nitrogens with zero attached hydrogens (tertiary/aromatic N) is 3. The van der Waals surface area contributed by atoms with E-state index in [1.54, 1.807) is 0 Å². The summed E-state index contributed by atoms with van der Waals surface area (Å²) in [7, 11) is 1.54. The summed E-state index contributed by atoms with van der Waals surface area (Å²) >= 11 is 1.29. The summed E-state index contributed by atoms with van der Waals surface area (Å²) in [5, 5.41) is 8.16. The number of aromatic nitrogens is 2. The van der Waals surface area contributed by atoms with Gasteiger partial charge >= 0.3 is 0 Å². The van der Waals surface area contributed by atoms with Gasteiger partial charge in [-0.3, -0.25) is 9.69 Å². The molecule has 0 aliphatic carbocycles. The van der Waals surface area contributed by atoms with Crippen LogP contribution in [0.2, 0.25) is 0 Å². The van der Waals surface area contributed by atoms with E-state index < -0.39 is 14.3 Å². The summed E-state index contributed by atoms with van der Waals surface area (Å²) in [6.45, 7) is 1.99. The van der Waals surface area contributed by atoms with Gasteiger partial charge in [0.1, 0.15) is 10.3 Å². The lowest BCUT2D eigenvalue weighted by Crippen LogP contribution is -2.26. The first-order valence-corrected chi connectivity index (χ1v) is 8.17. The van der Waals surface area contributed by atoms with Crippen molar-refractivity contribution in [2.75, 3.05) is 11.4 Å². The van der Waals surface area contributed by atoms with E-state index in [2.05, 4.69) is 10.2 Å². The fraction of sp³-hybridized carbons (Fsp3) is 0.625. The molecular weight excluding hydrogens is 286 g/mol. The summed E-state index contributed by atoms with van der Waals surface area (Å²) in [6, 6.07) is 0. The Kier molecular flexibility index (Phi) is 3.37. The molecule has 0 spiro atoms. The van der Waals surface area contributed by atoms with Crippen LogP contribution < -0.4 is 4.90 Å². The first-order chi connectivity index (χ1) is 7.91. The van der Waals surface area contributed by atoms with E-state index >= 15 is 0 Å². The highest BCUT2D eigenvalue weighted by Crippen LogP contribution is 2.28. The minimum Gasteiger partial charge on any atom is -0.285 e. The SMILES string of the molecule is CCc1nnc(N2CC(S(=O)(=O)Cl)CC2=O)s1. The zero-order valence-corrected chi connectivity index (χ0v) is 11.3. The van der Waals surface area contributed by atoms with E-state index in [1.807, 2.05) is 6.92 Å². The lowest BCUT2D eigenvalue weighted by atomic mass is 10.4. The molecule has 1 unspecified atom stereocenters. The van der Waals surface area contributed by atoms with Gasteiger partial charge in [0.25, 0.3) is 0 Å². The molecule has 1 amide bonds. The van der Waals surface area contributed by atoms with Crippen molar-refractivity contribution >= 4 is 42.1 Å². The van der Waals surface area contributed by atoms with Gasteiger partial charge in [0, 0.05) is 23.6 Å². The van der Waals surface area contributed by atoms with Crippen molar-refractivity contribution in [2.45, 2.75) is 25.0 Å². The smallest absolute Gasteiger partial charge is 0.237 e. The Morgan fingerprint density at radius 1 is 1.53 bits per heavy atom. The van der Waals surface area contributed by atoms with Gasteiger partial charge in [0.05, 0.1) is 0 Å². The van der Waals surface area contributed by atoms with Gasteiger partial charge in [0.15, 0.2) is 0 Å². The Bertz CT molecular complexity index is 542. The third kappa shape index (κ3) is 2.58. The van der Waals surface area contributed by atoms with E-state index in [1.165, 1.54) is 16.2 Å². The van der Waals surface area contributed by atoms with Crippen LogP contribution in [0.15, 0.2) is 0 Å². The molecule has 0 bridgehead atoms. The lowest BCUT2D eigenvalue weighted by molar-refractivity contribution is -0.117. The van der Waals surface area contributed by atoms with Gasteiger partial charge in [-0.2, -0.15) is 0 Å². The number of amides is 1. The van der Waals surface area contributed by atoms with Gasteiger partial charge in [-0.25, -0.2) is 8.42 Å². The number of hydrogen-bond acceptors (Lipinski definition) is 6. The number of rotatable bonds is 3. The third-order valence-corrected chi connectivity index (χ3v) is 5.44. The highest BCUT2D eigenvalue weighted by atomic mass is 35.7. The average molecular weight is 296 g/mol. The Balaban J connectivity index is 2.21. The zero-order chi connectivity index (χ0) is 12.6. The molecule has 1 aliphatic rings. The molecule has 0 N–H and O–H groups in total. The van der Waals surface area contributed by atoms with Crippen LogP contribution in [-0.2, 0) is 20.3 Å². The second-order valence-corrected chi connectivity index (χ2v) is 7.59. The van der Waals surface area contributed by atoms with Crippen molar-refractivity contribution in [1.29, 1.82) is 0 Å². The van der Waals surface area contributed by atoms with Gasteiger partial charge < -0.3 is 0 Å². The third-order valence-electron chi connectivity index (χ3n) is 2.48. The molecule has 1 saturated heterocycles. The van der Waals surface area contributed by atoms with Crippen molar-refractivity contribution in [3.8, 4) is 0 Å². The van der Waals surface area contributed by atoms with Crippen LogP contribution in [0.4, 0.5) is 5.13 Å². The van der Waals surface area contributed by atoms with Gasteiger partial charge in [-0.05, 0) is 6.42 Å². The van der Waals surface area contributed by atoms with E-state index in [0.29, 0.717) is 5.13 Å². The van der Waals surface area contributed by atoms with Crippen LogP contribution in [0.5, 0.6) is 0 Å². The summed E-state index contributed by atoms with van der Waals surface area (Å²) in [5.41, 5.74) is 0. The van der Waals surface area contributed by atoms with Crippen molar-refractivity contribution in [1.82, 2.24) is 10.2 Å². The quantitative estimate of drug-likeness (QED) is 0.770. The molecule has 1 aromatic rings. The fourth-order valence-corrected chi connectivity index (χ4v) is 3.38. The van der Waals surface area contributed by atoms with Crippen molar-refractivity contribution in [3.05, 3.63) is 5.01 Å². The standard InChI is InChI=1S/C8H10ClN3O3S2/c1-2-6-10-11-8(16-6)12-4-5(3-7(12)13)17(9,14)15/h5H,2-4H2,1H3. The number of halogens is 1. The normalized spacial score (nSPS) is 21.2. The molecule has 1 aliphatic heterocycles. The van der Waals surface area contributed by atoms with Gasteiger partial charge in [-0.1, -0.05) is 18.3 Å². The molecule has 1 aromatic heterocycles. The van der Waals surface area contributed by atoms with Gasteiger partial charge in [-0.15, -0.1) is 10.2 Å². The Morgan fingerprint density at radius 3 is 2.71 bits per heavy atom. The fourth-order valence-electron chi connectivity index (χ4n) is 1.54.